The van der Waals surface area contributed by atoms with Crippen LogP contribution >= 0.6 is 0 Å². The number of halogens is 1. The first kappa shape index (κ1) is 13.1. The molecule has 1 unspecified atom stereocenters. The fraction of sp³-hybridized carbons (Fsp3) is 0.294. The number of para-hydroxylation sites is 1. The SMILES string of the molecule is CC(N)c1ccc(N2CCCc3ccccc32)c(F)c1. The summed E-state index contributed by atoms with van der Waals surface area (Å²) in [5.41, 5.74) is 9.68. The molecule has 2 aromatic rings. The molecule has 20 heavy (non-hydrogen) atoms. The Morgan fingerprint density at radius 2 is 1.95 bits per heavy atom. The number of fused-ring (bicyclic) bond motifs is 1. The van der Waals surface area contributed by atoms with E-state index < -0.39 is 0 Å². The molecule has 0 amide bonds. The predicted molar refractivity (Wildman–Crippen MR) is 80.8 cm³/mol. The van der Waals surface area contributed by atoms with Gasteiger partial charge in [-0.1, -0.05) is 24.3 Å². The summed E-state index contributed by atoms with van der Waals surface area (Å²) in [6.45, 7) is 2.72. The van der Waals surface area contributed by atoms with Crippen LogP contribution in [0.2, 0.25) is 0 Å². The zero-order chi connectivity index (χ0) is 14.1. The fourth-order valence-electron chi connectivity index (χ4n) is 2.81. The molecular formula is C17H19FN2. The standard InChI is InChI=1S/C17H19FN2/c1-12(19)14-8-9-17(15(18)11-14)20-10-4-6-13-5-2-3-7-16(13)20/h2-3,5,7-9,11-12H,4,6,10,19H2,1H3. The van der Waals surface area contributed by atoms with Gasteiger partial charge in [0.2, 0.25) is 0 Å². The van der Waals surface area contributed by atoms with Crippen molar-refractivity contribution in [1.29, 1.82) is 0 Å². The van der Waals surface area contributed by atoms with Gasteiger partial charge in [-0.3, -0.25) is 0 Å². The molecular weight excluding hydrogens is 251 g/mol. The highest BCUT2D eigenvalue weighted by molar-refractivity contribution is 5.68. The third kappa shape index (κ3) is 2.29. The number of hydrogen-bond donors (Lipinski definition) is 1. The van der Waals surface area contributed by atoms with Crippen LogP contribution in [0.3, 0.4) is 0 Å². The van der Waals surface area contributed by atoms with Gasteiger partial charge in [0.1, 0.15) is 5.82 Å². The molecule has 0 fully saturated rings. The maximum Gasteiger partial charge on any atom is 0.147 e. The molecule has 0 bridgehead atoms. The summed E-state index contributed by atoms with van der Waals surface area (Å²) >= 11 is 0. The minimum Gasteiger partial charge on any atom is -0.339 e. The number of benzene rings is 2. The molecule has 0 saturated carbocycles. The summed E-state index contributed by atoms with van der Waals surface area (Å²) in [7, 11) is 0. The smallest absolute Gasteiger partial charge is 0.147 e. The third-order valence-corrected chi connectivity index (χ3v) is 3.90. The van der Waals surface area contributed by atoms with Gasteiger partial charge in [0.05, 0.1) is 5.69 Å². The molecule has 3 rings (SSSR count). The Bertz CT molecular complexity index is 622. The second kappa shape index (κ2) is 5.25. The molecule has 1 aliphatic heterocycles. The minimum atomic E-state index is -0.198. The summed E-state index contributed by atoms with van der Waals surface area (Å²) in [4.78, 5) is 2.07. The van der Waals surface area contributed by atoms with Crippen LogP contribution in [0.5, 0.6) is 0 Å². The van der Waals surface area contributed by atoms with Crippen molar-refractivity contribution >= 4 is 11.4 Å². The van der Waals surface area contributed by atoms with Gasteiger partial charge in [-0.25, -0.2) is 4.39 Å². The molecule has 1 heterocycles. The number of nitrogens with zero attached hydrogens (tertiary/aromatic N) is 1. The monoisotopic (exact) mass is 270 g/mol. The Hall–Kier alpha value is -1.87. The van der Waals surface area contributed by atoms with Crippen molar-refractivity contribution in [3.05, 3.63) is 59.4 Å². The van der Waals surface area contributed by atoms with Crippen LogP contribution in [-0.2, 0) is 6.42 Å². The Balaban J connectivity index is 2.02. The lowest BCUT2D eigenvalue weighted by Crippen LogP contribution is -2.25. The third-order valence-electron chi connectivity index (χ3n) is 3.90. The molecule has 2 aromatic carbocycles. The van der Waals surface area contributed by atoms with Gasteiger partial charge in [-0.2, -0.15) is 0 Å². The number of hydrogen-bond acceptors (Lipinski definition) is 2. The molecule has 1 atom stereocenters. The first-order valence-corrected chi connectivity index (χ1v) is 7.07. The highest BCUT2D eigenvalue weighted by Crippen LogP contribution is 2.35. The van der Waals surface area contributed by atoms with E-state index in [0.29, 0.717) is 5.69 Å². The van der Waals surface area contributed by atoms with Crippen LogP contribution in [0.1, 0.15) is 30.5 Å². The van der Waals surface area contributed by atoms with Crippen molar-refractivity contribution in [2.75, 3.05) is 11.4 Å². The Morgan fingerprint density at radius 1 is 1.15 bits per heavy atom. The summed E-state index contributed by atoms with van der Waals surface area (Å²) in [6, 6.07) is 13.4. The van der Waals surface area contributed by atoms with Gasteiger partial charge < -0.3 is 10.6 Å². The van der Waals surface area contributed by atoms with Gasteiger partial charge in [0.25, 0.3) is 0 Å². The maximum absolute atomic E-state index is 14.4. The summed E-state index contributed by atoms with van der Waals surface area (Å²) in [5, 5.41) is 0. The van der Waals surface area contributed by atoms with Gasteiger partial charge in [-0.05, 0) is 49.1 Å². The molecule has 0 spiro atoms. The van der Waals surface area contributed by atoms with Crippen LogP contribution in [0.25, 0.3) is 0 Å². The van der Waals surface area contributed by atoms with Crippen LogP contribution in [0, 0.1) is 5.82 Å². The lowest BCUT2D eigenvalue weighted by molar-refractivity contribution is 0.615. The van der Waals surface area contributed by atoms with Crippen LogP contribution in [0.4, 0.5) is 15.8 Å². The predicted octanol–water partition coefficient (Wildman–Crippen LogP) is 3.93. The number of aryl methyl sites for hydroxylation is 1. The lowest BCUT2D eigenvalue weighted by Gasteiger charge is -2.31. The van der Waals surface area contributed by atoms with E-state index >= 15 is 0 Å². The molecule has 0 radical (unpaired) electrons. The lowest BCUT2D eigenvalue weighted by atomic mass is 10.0. The average Bonchev–Trinajstić information content (AvgIpc) is 2.46. The molecule has 1 aliphatic rings. The van der Waals surface area contributed by atoms with E-state index in [-0.39, 0.29) is 11.9 Å². The second-order valence-electron chi connectivity index (χ2n) is 5.38. The van der Waals surface area contributed by atoms with Crippen LogP contribution in [0.15, 0.2) is 42.5 Å². The first-order chi connectivity index (χ1) is 9.66. The van der Waals surface area contributed by atoms with E-state index in [1.165, 1.54) is 5.56 Å². The zero-order valence-corrected chi connectivity index (χ0v) is 11.6. The van der Waals surface area contributed by atoms with Crippen molar-refractivity contribution < 1.29 is 4.39 Å². The Kier molecular flexibility index (Phi) is 3.45. The van der Waals surface area contributed by atoms with Crippen molar-refractivity contribution in [2.45, 2.75) is 25.8 Å². The fourth-order valence-corrected chi connectivity index (χ4v) is 2.81. The topological polar surface area (TPSA) is 29.3 Å². The summed E-state index contributed by atoms with van der Waals surface area (Å²) in [5.74, 6) is -0.198. The van der Waals surface area contributed by atoms with Crippen molar-refractivity contribution in [3.63, 3.8) is 0 Å². The molecule has 2 nitrogen and oxygen atoms in total. The largest absolute Gasteiger partial charge is 0.339 e. The zero-order valence-electron chi connectivity index (χ0n) is 11.6. The number of rotatable bonds is 2. The molecule has 0 aliphatic carbocycles. The van der Waals surface area contributed by atoms with Crippen molar-refractivity contribution in [3.8, 4) is 0 Å². The minimum absolute atomic E-state index is 0.146. The Labute approximate surface area is 119 Å². The van der Waals surface area contributed by atoms with Gasteiger partial charge >= 0.3 is 0 Å². The number of anilines is 2. The van der Waals surface area contributed by atoms with E-state index in [1.54, 1.807) is 6.07 Å². The van der Waals surface area contributed by atoms with Crippen molar-refractivity contribution in [1.82, 2.24) is 0 Å². The van der Waals surface area contributed by atoms with Crippen molar-refractivity contribution in [2.24, 2.45) is 5.73 Å². The van der Waals surface area contributed by atoms with Gasteiger partial charge in [0, 0.05) is 18.3 Å². The number of nitrogens with two attached hydrogens (primary N) is 1. The summed E-state index contributed by atoms with van der Waals surface area (Å²) in [6.07, 6.45) is 2.11. The maximum atomic E-state index is 14.4. The molecule has 3 heteroatoms. The van der Waals surface area contributed by atoms with Crippen LogP contribution < -0.4 is 10.6 Å². The van der Waals surface area contributed by atoms with Gasteiger partial charge in [-0.15, -0.1) is 0 Å². The van der Waals surface area contributed by atoms with E-state index in [9.17, 15) is 4.39 Å². The molecule has 104 valence electrons. The highest BCUT2D eigenvalue weighted by Gasteiger charge is 2.20. The molecule has 0 aromatic heterocycles. The van der Waals surface area contributed by atoms with Gasteiger partial charge in [0.15, 0.2) is 0 Å². The Morgan fingerprint density at radius 3 is 2.70 bits per heavy atom. The highest BCUT2D eigenvalue weighted by atomic mass is 19.1. The van der Waals surface area contributed by atoms with E-state index in [1.807, 2.05) is 31.2 Å². The summed E-state index contributed by atoms with van der Waals surface area (Å²) < 4.78 is 14.4. The van der Waals surface area contributed by atoms with E-state index in [4.69, 9.17) is 5.73 Å². The normalized spacial score (nSPS) is 15.8. The second-order valence-corrected chi connectivity index (χ2v) is 5.38. The average molecular weight is 270 g/mol. The van der Waals surface area contributed by atoms with E-state index in [0.717, 1.165) is 30.6 Å². The molecule has 0 saturated heterocycles. The van der Waals surface area contributed by atoms with Crippen LogP contribution in [-0.4, -0.2) is 6.54 Å². The van der Waals surface area contributed by atoms with E-state index in [2.05, 4.69) is 17.0 Å². The first-order valence-electron chi connectivity index (χ1n) is 7.07. The quantitative estimate of drug-likeness (QED) is 0.896. The molecule has 2 N–H and O–H groups in total.